The lowest BCUT2D eigenvalue weighted by atomic mass is 10.2. The first-order valence-corrected chi connectivity index (χ1v) is 6.55. The van der Waals surface area contributed by atoms with Crippen molar-refractivity contribution in [3.63, 3.8) is 0 Å². The smallest absolute Gasteiger partial charge is 0.260 e. The van der Waals surface area contributed by atoms with Crippen molar-refractivity contribution < 1.29 is 9.53 Å². The minimum atomic E-state index is -0.562. The minimum absolute atomic E-state index is 0.128. The molecule has 0 radical (unpaired) electrons. The van der Waals surface area contributed by atoms with E-state index in [0.29, 0.717) is 23.9 Å². The quantitative estimate of drug-likeness (QED) is 0.815. The van der Waals surface area contributed by atoms with Crippen molar-refractivity contribution in [2.75, 3.05) is 6.54 Å². The first kappa shape index (κ1) is 15.4. The average molecular weight is 265 g/mol. The third-order valence-corrected chi connectivity index (χ3v) is 2.62. The van der Waals surface area contributed by atoms with E-state index >= 15 is 0 Å². The van der Waals surface area contributed by atoms with Gasteiger partial charge in [0.15, 0.2) is 6.10 Å². The third kappa shape index (κ3) is 4.87. The molecule has 19 heavy (non-hydrogen) atoms. The highest BCUT2D eigenvalue weighted by Gasteiger charge is 2.16. The fraction of sp³-hybridized carbons (Fsp3) is 0.571. The Morgan fingerprint density at radius 3 is 2.68 bits per heavy atom. The summed E-state index contributed by atoms with van der Waals surface area (Å²) in [5.41, 5.74) is 7.18. The number of nitrogens with two attached hydrogens (primary N) is 1. The van der Waals surface area contributed by atoms with Gasteiger partial charge in [-0.3, -0.25) is 9.78 Å². The predicted octanol–water partition coefficient (Wildman–Crippen LogP) is 1.39. The van der Waals surface area contributed by atoms with Crippen LogP contribution in [0.2, 0.25) is 0 Å². The Bertz CT molecular complexity index is 433. The van der Waals surface area contributed by atoms with Crippen molar-refractivity contribution in [1.29, 1.82) is 0 Å². The molecule has 1 heterocycles. The second-order valence-corrected chi connectivity index (χ2v) is 5.00. The summed E-state index contributed by atoms with van der Waals surface area (Å²) in [4.78, 5) is 16.1. The van der Waals surface area contributed by atoms with Gasteiger partial charge in [0.05, 0.1) is 5.69 Å². The summed E-state index contributed by atoms with van der Waals surface area (Å²) in [6, 6.07) is 3.64. The number of hydrogen-bond donors (Lipinski definition) is 2. The van der Waals surface area contributed by atoms with Gasteiger partial charge in [0.2, 0.25) is 0 Å². The molecule has 0 fully saturated rings. The highest BCUT2D eigenvalue weighted by molar-refractivity contribution is 5.80. The number of amides is 1. The Labute approximate surface area is 114 Å². The molecular weight excluding hydrogens is 242 g/mol. The van der Waals surface area contributed by atoms with Gasteiger partial charge >= 0.3 is 0 Å². The Kier molecular flexibility index (Phi) is 5.76. The van der Waals surface area contributed by atoms with Crippen LogP contribution in [-0.2, 0) is 11.3 Å². The number of aryl methyl sites for hydroxylation is 1. The van der Waals surface area contributed by atoms with Gasteiger partial charge in [0.25, 0.3) is 5.91 Å². The van der Waals surface area contributed by atoms with Crippen LogP contribution in [0.15, 0.2) is 12.1 Å². The maximum Gasteiger partial charge on any atom is 0.260 e. The zero-order valence-corrected chi connectivity index (χ0v) is 12.1. The second kappa shape index (κ2) is 7.09. The molecule has 1 amide bonds. The van der Waals surface area contributed by atoms with E-state index in [1.165, 1.54) is 0 Å². The van der Waals surface area contributed by atoms with Crippen LogP contribution in [0.25, 0.3) is 0 Å². The molecule has 0 saturated carbocycles. The van der Waals surface area contributed by atoms with Crippen LogP contribution >= 0.6 is 0 Å². The standard InChI is InChI=1S/C14H23N3O2/c1-9(2)8-16-14(18)11(4)19-13-6-5-10(3)17-12(13)7-15/h5-6,9,11H,7-8,15H2,1-4H3,(H,16,18). The van der Waals surface area contributed by atoms with E-state index in [0.717, 1.165) is 5.69 Å². The van der Waals surface area contributed by atoms with Crippen LogP contribution < -0.4 is 15.8 Å². The summed E-state index contributed by atoms with van der Waals surface area (Å²) in [6.07, 6.45) is -0.562. The van der Waals surface area contributed by atoms with E-state index in [1.807, 2.05) is 26.8 Å². The SMILES string of the molecule is Cc1ccc(OC(C)C(=O)NCC(C)C)c(CN)n1. The molecule has 0 bridgehead atoms. The lowest BCUT2D eigenvalue weighted by Gasteiger charge is -2.17. The van der Waals surface area contributed by atoms with Crippen LogP contribution in [0, 0.1) is 12.8 Å². The topological polar surface area (TPSA) is 77.2 Å². The van der Waals surface area contributed by atoms with E-state index < -0.39 is 6.10 Å². The summed E-state index contributed by atoms with van der Waals surface area (Å²) in [5, 5.41) is 2.84. The van der Waals surface area contributed by atoms with Crippen molar-refractivity contribution in [2.45, 2.75) is 40.3 Å². The summed E-state index contributed by atoms with van der Waals surface area (Å²) in [7, 11) is 0. The number of rotatable bonds is 6. The molecule has 1 unspecified atom stereocenters. The number of pyridine rings is 1. The molecule has 1 rings (SSSR count). The minimum Gasteiger partial charge on any atom is -0.479 e. The molecule has 3 N–H and O–H groups in total. The number of carbonyl (C=O) groups excluding carboxylic acids is 1. The fourth-order valence-electron chi connectivity index (χ4n) is 1.54. The zero-order valence-electron chi connectivity index (χ0n) is 12.1. The van der Waals surface area contributed by atoms with Crippen molar-refractivity contribution in [3.8, 4) is 5.75 Å². The van der Waals surface area contributed by atoms with Crippen LogP contribution in [0.1, 0.15) is 32.2 Å². The Morgan fingerprint density at radius 2 is 2.11 bits per heavy atom. The van der Waals surface area contributed by atoms with Crippen LogP contribution in [-0.4, -0.2) is 23.5 Å². The maximum absolute atomic E-state index is 11.8. The molecule has 0 aliphatic heterocycles. The van der Waals surface area contributed by atoms with Crippen LogP contribution in [0.3, 0.4) is 0 Å². The zero-order chi connectivity index (χ0) is 14.4. The highest BCUT2D eigenvalue weighted by Crippen LogP contribution is 2.17. The van der Waals surface area contributed by atoms with Gasteiger partial charge in [0.1, 0.15) is 5.75 Å². The van der Waals surface area contributed by atoms with Crippen LogP contribution in [0.5, 0.6) is 5.75 Å². The maximum atomic E-state index is 11.8. The number of aromatic nitrogens is 1. The molecule has 5 heteroatoms. The first-order valence-electron chi connectivity index (χ1n) is 6.55. The molecule has 0 aliphatic rings. The van der Waals surface area contributed by atoms with E-state index in [2.05, 4.69) is 10.3 Å². The number of ether oxygens (including phenoxy) is 1. The molecule has 106 valence electrons. The Hall–Kier alpha value is -1.62. The third-order valence-electron chi connectivity index (χ3n) is 2.62. The van der Waals surface area contributed by atoms with Gasteiger partial charge in [-0.15, -0.1) is 0 Å². The molecule has 0 aliphatic carbocycles. The Balaban J connectivity index is 2.65. The van der Waals surface area contributed by atoms with E-state index in [-0.39, 0.29) is 12.5 Å². The number of hydrogen-bond acceptors (Lipinski definition) is 4. The Morgan fingerprint density at radius 1 is 1.42 bits per heavy atom. The normalized spacial score (nSPS) is 12.3. The van der Waals surface area contributed by atoms with Crippen LogP contribution in [0.4, 0.5) is 0 Å². The van der Waals surface area contributed by atoms with Crippen molar-refractivity contribution in [2.24, 2.45) is 11.7 Å². The molecule has 1 aromatic rings. The van der Waals surface area contributed by atoms with Crippen molar-refractivity contribution in [3.05, 3.63) is 23.5 Å². The monoisotopic (exact) mass is 265 g/mol. The van der Waals surface area contributed by atoms with Crippen molar-refractivity contribution >= 4 is 5.91 Å². The average Bonchev–Trinajstić information content (AvgIpc) is 2.37. The molecule has 1 atom stereocenters. The van der Waals surface area contributed by atoms with E-state index in [4.69, 9.17) is 10.5 Å². The number of nitrogens with zero attached hydrogens (tertiary/aromatic N) is 1. The molecular formula is C14H23N3O2. The lowest BCUT2D eigenvalue weighted by molar-refractivity contribution is -0.127. The van der Waals surface area contributed by atoms with Gasteiger partial charge in [0, 0.05) is 18.8 Å². The summed E-state index contributed by atoms with van der Waals surface area (Å²) in [5.74, 6) is 0.856. The first-order chi connectivity index (χ1) is 8.93. The number of carbonyl (C=O) groups is 1. The highest BCUT2D eigenvalue weighted by atomic mass is 16.5. The second-order valence-electron chi connectivity index (χ2n) is 5.00. The van der Waals surface area contributed by atoms with Gasteiger partial charge < -0.3 is 15.8 Å². The van der Waals surface area contributed by atoms with Crippen molar-refractivity contribution in [1.82, 2.24) is 10.3 Å². The van der Waals surface area contributed by atoms with Gasteiger partial charge in [-0.25, -0.2) is 0 Å². The van der Waals surface area contributed by atoms with Gasteiger partial charge in [-0.05, 0) is 31.9 Å². The molecule has 0 aromatic carbocycles. The molecule has 0 saturated heterocycles. The largest absolute Gasteiger partial charge is 0.479 e. The fourth-order valence-corrected chi connectivity index (χ4v) is 1.54. The molecule has 5 nitrogen and oxygen atoms in total. The van der Waals surface area contributed by atoms with E-state index in [9.17, 15) is 4.79 Å². The number of nitrogens with one attached hydrogen (secondary N) is 1. The summed E-state index contributed by atoms with van der Waals surface area (Å²) < 4.78 is 5.63. The van der Waals surface area contributed by atoms with Gasteiger partial charge in [-0.1, -0.05) is 13.8 Å². The van der Waals surface area contributed by atoms with E-state index in [1.54, 1.807) is 13.0 Å². The predicted molar refractivity (Wildman–Crippen MR) is 74.8 cm³/mol. The lowest BCUT2D eigenvalue weighted by Crippen LogP contribution is -2.38. The molecule has 1 aromatic heterocycles. The summed E-state index contributed by atoms with van der Waals surface area (Å²) in [6.45, 7) is 8.63. The molecule has 0 spiro atoms. The van der Waals surface area contributed by atoms with Gasteiger partial charge in [-0.2, -0.15) is 0 Å². The summed E-state index contributed by atoms with van der Waals surface area (Å²) >= 11 is 0.